The first-order valence-electron chi connectivity index (χ1n) is 7.05. The van der Waals surface area contributed by atoms with Gasteiger partial charge < -0.3 is 15.0 Å². The molecule has 0 aromatic heterocycles. The fourth-order valence-corrected chi connectivity index (χ4v) is 1.61. The van der Waals surface area contributed by atoms with Gasteiger partial charge in [-0.25, -0.2) is 0 Å². The molecule has 0 spiro atoms. The van der Waals surface area contributed by atoms with Crippen LogP contribution in [0.3, 0.4) is 0 Å². The van der Waals surface area contributed by atoms with Crippen LogP contribution in [0, 0.1) is 0 Å². The zero-order valence-electron chi connectivity index (χ0n) is 13.0. The van der Waals surface area contributed by atoms with Crippen LogP contribution in [-0.2, 0) is 4.79 Å². The minimum absolute atomic E-state index is 0.0348. The number of likely N-dealkylation sites (N-methyl/N-ethyl adjacent to an activating group) is 1. The van der Waals surface area contributed by atoms with Crippen LogP contribution in [0.5, 0.6) is 5.75 Å². The lowest BCUT2D eigenvalue weighted by Gasteiger charge is -2.23. The monoisotopic (exact) mass is 278 g/mol. The maximum Gasteiger partial charge on any atom is 0.236 e. The summed E-state index contributed by atoms with van der Waals surface area (Å²) >= 11 is 0. The van der Waals surface area contributed by atoms with Crippen LogP contribution in [0.1, 0.15) is 27.2 Å². The molecule has 1 aromatic rings. The first kappa shape index (κ1) is 16.5. The highest BCUT2D eigenvalue weighted by molar-refractivity contribution is 5.78. The maximum atomic E-state index is 11.9. The molecule has 0 fully saturated rings. The highest BCUT2D eigenvalue weighted by Crippen LogP contribution is 2.08. The molecule has 0 saturated heterocycles. The van der Waals surface area contributed by atoms with Crippen LogP contribution in [0.4, 0.5) is 0 Å². The molecule has 20 heavy (non-hydrogen) atoms. The molecule has 0 aliphatic heterocycles. The lowest BCUT2D eigenvalue weighted by molar-refractivity contribution is -0.129. The topological polar surface area (TPSA) is 41.6 Å². The molecule has 0 saturated carbocycles. The molecule has 0 aliphatic rings. The summed E-state index contributed by atoms with van der Waals surface area (Å²) < 4.78 is 5.60. The summed E-state index contributed by atoms with van der Waals surface area (Å²) in [4.78, 5) is 13.6. The first-order valence-corrected chi connectivity index (χ1v) is 7.05. The fourth-order valence-electron chi connectivity index (χ4n) is 1.61. The van der Waals surface area contributed by atoms with Crippen molar-refractivity contribution >= 4 is 5.91 Å². The van der Waals surface area contributed by atoms with E-state index in [9.17, 15) is 4.79 Å². The highest BCUT2D eigenvalue weighted by atomic mass is 16.5. The normalized spacial score (nSPS) is 11.2. The Kier molecular flexibility index (Phi) is 6.52. The van der Waals surface area contributed by atoms with E-state index in [-0.39, 0.29) is 11.4 Å². The standard InChI is InChI=1S/C16H26N2O2/c1-16(2,3)17-13-15(19)18(4)11-8-12-20-14-9-6-5-7-10-14/h5-7,9-10,17H,8,11-13H2,1-4H3. The number of carbonyl (C=O) groups is 1. The summed E-state index contributed by atoms with van der Waals surface area (Å²) in [6.07, 6.45) is 0.826. The van der Waals surface area contributed by atoms with E-state index in [1.165, 1.54) is 0 Å². The number of amides is 1. The van der Waals surface area contributed by atoms with E-state index in [1.807, 2.05) is 58.2 Å². The quantitative estimate of drug-likeness (QED) is 0.778. The van der Waals surface area contributed by atoms with Crippen molar-refractivity contribution in [2.45, 2.75) is 32.7 Å². The van der Waals surface area contributed by atoms with Crippen LogP contribution in [0.15, 0.2) is 30.3 Å². The average Bonchev–Trinajstić information content (AvgIpc) is 2.41. The molecule has 0 bridgehead atoms. The molecule has 1 N–H and O–H groups in total. The first-order chi connectivity index (χ1) is 9.38. The van der Waals surface area contributed by atoms with E-state index < -0.39 is 0 Å². The van der Waals surface area contributed by atoms with Crippen molar-refractivity contribution in [3.05, 3.63) is 30.3 Å². The molecule has 112 valence electrons. The molecule has 0 heterocycles. The van der Waals surface area contributed by atoms with Crippen molar-refractivity contribution in [2.24, 2.45) is 0 Å². The Hall–Kier alpha value is -1.55. The maximum absolute atomic E-state index is 11.9. The van der Waals surface area contributed by atoms with Crippen molar-refractivity contribution in [3.8, 4) is 5.75 Å². The second-order valence-corrected chi connectivity index (χ2v) is 5.93. The van der Waals surface area contributed by atoms with E-state index in [0.717, 1.165) is 12.2 Å². The molecule has 0 radical (unpaired) electrons. The van der Waals surface area contributed by atoms with E-state index in [2.05, 4.69) is 5.32 Å². The Labute approximate surface area is 122 Å². The van der Waals surface area contributed by atoms with E-state index in [4.69, 9.17) is 4.74 Å². The molecule has 1 aromatic carbocycles. The van der Waals surface area contributed by atoms with Crippen molar-refractivity contribution in [2.75, 3.05) is 26.7 Å². The number of nitrogens with one attached hydrogen (secondary N) is 1. The van der Waals surface area contributed by atoms with Gasteiger partial charge in [-0.3, -0.25) is 4.79 Å². The van der Waals surface area contributed by atoms with Gasteiger partial charge in [-0.15, -0.1) is 0 Å². The van der Waals surface area contributed by atoms with E-state index in [1.54, 1.807) is 4.90 Å². The molecule has 4 nitrogen and oxygen atoms in total. The number of para-hydroxylation sites is 1. The van der Waals surface area contributed by atoms with Gasteiger partial charge in [0, 0.05) is 19.1 Å². The van der Waals surface area contributed by atoms with Gasteiger partial charge in [0.05, 0.1) is 13.2 Å². The summed E-state index contributed by atoms with van der Waals surface area (Å²) in [7, 11) is 1.83. The molecule has 0 atom stereocenters. The average molecular weight is 278 g/mol. The summed E-state index contributed by atoms with van der Waals surface area (Å²) in [5, 5.41) is 3.20. The molecule has 1 rings (SSSR count). The minimum atomic E-state index is -0.0348. The number of hydrogen-bond donors (Lipinski definition) is 1. The number of rotatable bonds is 7. The van der Waals surface area contributed by atoms with Crippen molar-refractivity contribution in [1.82, 2.24) is 10.2 Å². The van der Waals surface area contributed by atoms with Gasteiger partial charge >= 0.3 is 0 Å². The minimum Gasteiger partial charge on any atom is -0.494 e. The predicted octanol–water partition coefficient (Wildman–Crippen LogP) is 2.30. The smallest absolute Gasteiger partial charge is 0.236 e. The molecule has 1 amide bonds. The van der Waals surface area contributed by atoms with Gasteiger partial charge in [0.2, 0.25) is 5.91 Å². The van der Waals surface area contributed by atoms with Crippen LogP contribution in [0.25, 0.3) is 0 Å². The van der Waals surface area contributed by atoms with Crippen LogP contribution >= 0.6 is 0 Å². The fraction of sp³-hybridized carbons (Fsp3) is 0.562. The van der Waals surface area contributed by atoms with Crippen LogP contribution < -0.4 is 10.1 Å². The van der Waals surface area contributed by atoms with Crippen LogP contribution in [0.2, 0.25) is 0 Å². The third-order valence-corrected chi connectivity index (χ3v) is 2.85. The number of hydrogen-bond acceptors (Lipinski definition) is 3. The summed E-state index contributed by atoms with van der Waals surface area (Å²) in [5.74, 6) is 0.982. The molecular weight excluding hydrogens is 252 g/mol. The second kappa shape index (κ2) is 7.90. The zero-order valence-corrected chi connectivity index (χ0v) is 13.0. The van der Waals surface area contributed by atoms with Gasteiger partial charge in [-0.1, -0.05) is 18.2 Å². The molecular formula is C16H26N2O2. The van der Waals surface area contributed by atoms with Gasteiger partial charge in [0.25, 0.3) is 0 Å². The van der Waals surface area contributed by atoms with Crippen molar-refractivity contribution < 1.29 is 9.53 Å². The Bertz CT molecular complexity index is 399. The lowest BCUT2D eigenvalue weighted by Crippen LogP contribution is -2.44. The number of nitrogens with zero attached hydrogens (tertiary/aromatic N) is 1. The Balaban J connectivity index is 2.16. The van der Waals surface area contributed by atoms with Crippen molar-refractivity contribution in [3.63, 3.8) is 0 Å². The third-order valence-electron chi connectivity index (χ3n) is 2.85. The number of carbonyl (C=O) groups excluding carboxylic acids is 1. The Morgan fingerprint density at radius 1 is 1.25 bits per heavy atom. The predicted molar refractivity (Wildman–Crippen MR) is 81.9 cm³/mol. The van der Waals surface area contributed by atoms with Crippen molar-refractivity contribution in [1.29, 1.82) is 0 Å². The summed E-state index contributed by atoms with van der Waals surface area (Å²) in [5.41, 5.74) is -0.0348. The lowest BCUT2D eigenvalue weighted by atomic mass is 10.1. The number of benzene rings is 1. The van der Waals surface area contributed by atoms with Gasteiger partial charge in [0.15, 0.2) is 0 Å². The largest absolute Gasteiger partial charge is 0.494 e. The second-order valence-electron chi connectivity index (χ2n) is 5.93. The van der Waals surface area contributed by atoms with Crippen LogP contribution in [-0.4, -0.2) is 43.1 Å². The molecule has 0 aliphatic carbocycles. The molecule has 0 unspecified atom stereocenters. The van der Waals surface area contributed by atoms with E-state index >= 15 is 0 Å². The SMILES string of the molecule is CN(CCCOc1ccccc1)C(=O)CNC(C)(C)C. The zero-order chi connectivity index (χ0) is 15.0. The van der Waals surface area contributed by atoms with Gasteiger partial charge in [-0.05, 0) is 39.3 Å². The Morgan fingerprint density at radius 3 is 2.50 bits per heavy atom. The van der Waals surface area contributed by atoms with Gasteiger partial charge in [-0.2, -0.15) is 0 Å². The Morgan fingerprint density at radius 2 is 1.90 bits per heavy atom. The number of ether oxygens (including phenoxy) is 1. The molecule has 4 heteroatoms. The van der Waals surface area contributed by atoms with E-state index in [0.29, 0.717) is 19.7 Å². The van der Waals surface area contributed by atoms with Gasteiger partial charge in [0.1, 0.15) is 5.75 Å². The highest BCUT2D eigenvalue weighted by Gasteiger charge is 2.13. The summed E-state index contributed by atoms with van der Waals surface area (Å²) in [6.45, 7) is 7.85. The third kappa shape index (κ3) is 7.14. The summed E-state index contributed by atoms with van der Waals surface area (Å²) in [6, 6.07) is 9.72.